The van der Waals surface area contributed by atoms with Crippen LogP contribution in [-0.4, -0.2) is 18.9 Å². The molecule has 0 spiro atoms. The molecule has 1 heterocycles. The average molecular weight is 139 g/mol. The quantitative estimate of drug-likeness (QED) is 0.538. The maximum Gasteiger partial charge on any atom is 0.137 e. The summed E-state index contributed by atoms with van der Waals surface area (Å²) in [7, 11) is 0. The van der Waals surface area contributed by atoms with Crippen LogP contribution in [0, 0.1) is 11.8 Å². The van der Waals surface area contributed by atoms with Crippen LogP contribution >= 0.6 is 0 Å². The van der Waals surface area contributed by atoms with Crippen molar-refractivity contribution < 1.29 is 4.79 Å². The number of nitrogens with one attached hydrogen (secondary N) is 1. The molecule has 2 fully saturated rings. The second-order valence-electron chi connectivity index (χ2n) is 3.42. The van der Waals surface area contributed by atoms with Gasteiger partial charge in [0.2, 0.25) is 0 Å². The molecule has 56 valence electrons. The number of carbonyl (C=O) groups excluding carboxylic acids is 1. The Morgan fingerprint density at radius 2 is 2.30 bits per heavy atom. The molecular formula is C8H13NO. The van der Waals surface area contributed by atoms with Crippen LogP contribution < -0.4 is 5.32 Å². The zero-order chi connectivity index (χ0) is 6.97. The predicted octanol–water partition coefficient (Wildman–Crippen LogP) is 0.573. The van der Waals surface area contributed by atoms with Gasteiger partial charge in [0.1, 0.15) is 6.29 Å². The molecule has 1 saturated carbocycles. The molecular weight excluding hydrogens is 126 g/mol. The molecule has 0 radical (unpaired) electrons. The van der Waals surface area contributed by atoms with E-state index >= 15 is 0 Å². The van der Waals surface area contributed by atoms with Gasteiger partial charge in [0, 0.05) is 0 Å². The lowest BCUT2D eigenvalue weighted by atomic mass is 9.95. The molecule has 0 aromatic rings. The molecule has 2 rings (SSSR count). The summed E-state index contributed by atoms with van der Waals surface area (Å²) in [5.74, 6) is 1.49. The number of carbonyl (C=O) groups is 1. The molecule has 2 heteroatoms. The zero-order valence-corrected chi connectivity index (χ0v) is 6.05. The molecule has 0 bridgehead atoms. The van der Waals surface area contributed by atoms with Crippen molar-refractivity contribution in [1.29, 1.82) is 0 Å². The van der Waals surface area contributed by atoms with Gasteiger partial charge in [0.15, 0.2) is 0 Å². The maximum absolute atomic E-state index is 10.5. The molecule has 2 unspecified atom stereocenters. The van der Waals surface area contributed by atoms with E-state index in [4.69, 9.17) is 0 Å². The Kier molecular flexibility index (Phi) is 1.49. The van der Waals surface area contributed by atoms with E-state index in [0.717, 1.165) is 18.7 Å². The summed E-state index contributed by atoms with van der Waals surface area (Å²) in [6.45, 7) is 1.08. The van der Waals surface area contributed by atoms with Gasteiger partial charge in [-0.25, -0.2) is 0 Å². The summed E-state index contributed by atoms with van der Waals surface area (Å²) in [6.07, 6.45) is 5.01. The van der Waals surface area contributed by atoms with Crippen molar-refractivity contribution in [3.63, 3.8) is 0 Å². The Labute approximate surface area is 61.0 Å². The number of hydrogen-bond acceptors (Lipinski definition) is 2. The van der Waals surface area contributed by atoms with Crippen LogP contribution in [0.2, 0.25) is 0 Å². The van der Waals surface area contributed by atoms with Crippen molar-refractivity contribution in [3.8, 4) is 0 Å². The first-order valence-electron chi connectivity index (χ1n) is 4.10. The van der Waals surface area contributed by atoms with Crippen LogP contribution in [0.5, 0.6) is 0 Å². The highest BCUT2D eigenvalue weighted by atomic mass is 16.1. The maximum atomic E-state index is 10.5. The molecule has 1 aliphatic carbocycles. The van der Waals surface area contributed by atoms with Gasteiger partial charge in [-0.3, -0.25) is 0 Å². The second-order valence-corrected chi connectivity index (χ2v) is 3.42. The highest BCUT2D eigenvalue weighted by Crippen LogP contribution is 2.36. The van der Waals surface area contributed by atoms with E-state index in [0.29, 0.717) is 5.92 Å². The summed E-state index contributed by atoms with van der Waals surface area (Å²) in [5.41, 5.74) is 0. The van der Waals surface area contributed by atoms with Crippen molar-refractivity contribution in [3.05, 3.63) is 0 Å². The summed E-state index contributed by atoms with van der Waals surface area (Å²) < 4.78 is 0. The first-order chi connectivity index (χ1) is 4.92. The lowest BCUT2D eigenvalue weighted by Gasteiger charge is -2.09. The van der Waals surface area contributed by atoms with E-state index in [1.54, 1.807) is 0 Å². The number of hydrogen-bond donors (Lipinski definition) is 1. The topological polar surface area (TPSA) is 29.1 Å². The predicted molar refractivity (Wildman–Crippen MR) is 38.7 cm³/mol. The van der Waals surface area contributed by atoms with Crippen LogP contribution in [0.1, 0.15) is 19.3 Å². The minimum absolute atomic E-state index is 0.187. The smallest absolute Gasteiger partial charge is 0.137 e. The third kappa shape index (κ3) is 0.788. The van der Waals surface area contributed by atoms with E-state index < -0.39 is 0 Å². The van der Waals surface area contributed by atoms with Crippen LogP contribution in [0.25, 0.3) is 0 Å². The van der Waals surface area contributed by atoms with Crippen molar-refractivity contribution in [2.75, 3.05) is 6.54 Å². The summed E-state index contributed by atoms with van der Waals surface area (Å²) in [5, 5.41) is 3.24. The number of rotatable bonds is 1. The van der Waals surface area contributed by atoms with Gasteiger partial charge in [-0.15, -0.1) is 0 Å². The Hall–Kier alpha value is -0.370. The molecule has 0 amide bonds. The van der Waals surface area contributed by atoms with E-state index in [2.05, 4.69) is 5.32 Å². The van der Waals surface area contributed by atoms with Gasteiger partial charge in [-0.2, -0.15) is 0 Å². The highest BCUT2D eigenvalue weighted by Gasteiger charge is 2.38. The first kappa shape index (κ1) is 6.35. The summed E-state index contributed by atoms with van der Waals surface area (Å²) >= 11 is 0. The van der Waals surface area contributed by atoms with Gasteiger partial charge in [-0.1, -0.05) is 6.42 Å². The van der Waals surface area contributed by atoms with Gasteiger partial charge < -0.3 is 10.1 Å². The monoisotopic (exact) mass is 139 g/mol. The van der Waals surface area contributed by atoms with E-state index in [9.17, 15) is 4.79 Å². The van der Waals surface area contributed by atoms with Crippen molar-refractivity contribution in [2.45, 2.75) is 25.3 Å². The highest BCUT2D eigenvalue weighted by molar-refractivity contribution is 5.59. The number of fused-ring (bicyclic) bond motifs is 1. The fourth-order valence-corrected chi connectivity index (χ4v) is 2.38. The molecule has 1 saturated heterocycles. The Morgan fingerprint density at radius 3 is 3.10 bits per heavy atom. The molecule has 2 nitrogen and oxygen atoms in total. The average Bonchev–Trinajstić information content (AvgIpc) is 2.44. The van der Waals surface area contributed by atoms with Crippen molar-refractivity contribution in [2.24, 2.45) is 11.8 Å². The molecule has 3 atom stereocenters. The molecule has 0 aromatic heterocycles. The van der Waals surface area contributed by atoms with Gasteiger partial charge in [0.05, 0.1) is 6.04 Å². The van der Waals surface area contributed by atoms with E-state index in [-0.39, 0.29) is 6.04 Å². The second kappa shape index (κ2) is 2.35. The minimum atomic E-state index is 0.187. The van der Waals surface area contributed by atoms with E-state index in [1.807, 2.05) is 0 Å². The molecule has 1 aliphatic heterocycles. The first-order valence-corrected chi connectivity index (χ1v) is 4.10. The van der Waals surface area contributed by atoms with Crippen LogP contribution in [0.4, 0.5) is 0 Å². The Balaban J connectivity index is 2.07. The third-order valence-corrected chi connectivity index (χ3v) is 2.94. The lowest BCUT2D eigenvalue weighted by Crippen LogP contribution is -2.27. The van der Waals surface area contributed by atoms with Crippen LogP contribution in [-0.2, 0) is 4.79 Å². The fourth-order valence-electron chi connectivity index (χ4n) is 2.38. The van der Waals surface area contributed by atoms with Crippen LogP contribution in [0.3, 0.4) is 0 Å². The largest absolute Gasteiger partial charge is 0.307 e. The van der Waals surface area contributed by atoms with Gasteiger partial charge >= 0.3 is 0 Å². The molecule has 0 aromatic carbocycles. The van der Waals surface area contributed by atoms with Gasteiger partial charge in [0.25, 0.3) is 0 Å². The Bertz CT molecular complexity index is 146. The molecule has 2 aliphatic rings. The minimum Gasteiger partial charge on any atom is -0.307 e. The standard InChI is InChI=1S/C8H13NO/c10-5-8-7-3-1-2-6(7)4-9-8/h5-9H,1-4H2/t6?,7?,8-/m0/s1. The molecule has 10 heavy (non-hydrogen) atoms. The summed E-state index contributed by atoms with van der Waals surface area (Å²) in [6, 6.07) is 0.187. The van der Waals surface area contributed by atoms with Crippen molar-refractivity contribution >= 4 is 6.29 Å². The van der Waals surface area contributed by atoms with Crippen molar-refractivity contribution in [1.82, 2.24) is 5.32 Å². The van der Waals surface area contributed by atoms with Gasteiger partial charge in [-0.05, 0) is 31.2 Å². The van der Waals surface area contributed by atoms with Crippen LogP contribution in [0.15, 0.2) is 0 Å². The third-order valence-electron chi connectivity index (χ3n) is 2.94. The molecule has 1 N–H and O–H groups in total. The fraction of sp³-hybridized carbons (Fsp3) is 0.875. The zero-order valence-electron chi connectivity index (χ0n) is 6.05. The SMILES string of the molecule is O=C[C@@H]1NCC2CCCC21. The normalized spacial score (nSPS) is 45.4. The summed E-state index contributed by atoms with van der Waals surface area (Å²) in [4.78, 5) is 10.5. The lowest BCUT2D eigenvalue weighted by molar-refractivity contribution is -0.110. The van der Waals surface area contributed by atoms with E-state index in [1.165, 1.54) is 19.3 Å². The number of aldehydes is 1. The Morgan fingerprint density at radius 1 is 1.40 bits per heavy atom.